The molecule has 0 saturated carbocycles. The lowest BCUT2D eigenvalue weighted by Crippen LogP contribution is -2.50. The normalized spacial score (nSPS) is 22.5. The van der Waals surface area contributed by atoms with E-state index in [1.54, 1.807) is 0 Å². The van der Waals surface area contributed by atoms with Gasteiger partial charge in [0.15, 0.2) is 0 Å². The first-order valence-electron chi connectivity index (χ1n) is 6.81. The highest BCUT2D eigenvalue weighted by molar-refractivity contribution is 7.99. The van der Waals surface area contributed by atoms with Crippen molar-refractivity contribution in [2.45, 2.75) is 64.6 Å². The molecule has 1 aliphatic rings. The van der Waals surface area contributed by atoms with Gasteiger partial charge in [0.2, 0.25) is 5.91 Å². The van der Waals surface area contributed by atoms with Crippen LogP contribution in [0.1, 0.15) is 46.5 Å². The monoisotopic (exact) mass is 258 g/mol. The number of rotatable bonds is 6. The molecule has 1 heterocycles. The van der Waals surface area contributed by atoms with Crippen LogP contribution in [0.25, 0.3) is 0 Å². The van der Waals surface area contributed by atoms with Crippen molar-refractivity contribution in [1.29, 1.82) is 0 Å². The number of carbonyl (C=O) groups is 1. The second kappa shape index (κ2) is 7.98. The number of hydrogen-bond donors (Lipinski definition) is 2. The van der Waals surface area contributed by atoms with Gasteiger partial charge in [-0.1, -0.05) is 13.8 Å². The van der Waals surface area contributed by atoms with Crippen molar-refractivity contribution in [3.05, 3.63) is 0 Å². The minimum absolute atomic E-state index is 0.0701. The second-order valence-corrected chi connectivity index (χ2v) is 5.97. The molecule has 1 aliphatic heterocycles. The maximum absolute atomic E-state index is 12.0. The Morgan fingerprint density at radius 2 is 2.12 bits per heavy atom. The fraction of sp³-hybridized carbons (Fsp3) is 0.923. The fourth-order valence-corrected chi connectivity index (χ4v) is 3.21. The molecule has 2 atom stereocenters. The van der Waals surface area contributed by atoms with Crippen LogP contribution in [0.5, 0.6) is 0 Å². The Morgan fingerprint density at radius 3 is 2.65 bits per heavy atom. The molecule has 17 heavy (non-hydrogen) atoms. The second-order valence-electron chi connectivity index (χ2n) is 4.82. The van der Waals surface area contributed by atoms with Crippen molar-refractivity contribution in [1.82, 2.24) is 10.6 Å². The Balaban J connectivity index is 2.30. The van der Waals surface area contributed by atoms with Gasteiger partial charge in [0.25, 0.3) is 0 Å². The zero-order valence-corrected chi connectivity index (χ0v) is 12.1. The first kappa shape index (κ1) is 14.8. The lowest BCUT2D eigenvalue weighted by molar-refractivity contribution is -0.123. The Labute approximate surface area is 109 Å². The van der Waals surface area contributed by atoms with Crippen molar-refractivity contribution in [3.8, 4) is 0 Å². The van der Waals surface area contributed by atoms with Crippen LogP contribution in [-0.4, -0.2) is 35.5 Å². The van der Waals surface area contributed by atoms with Crippen molar-refractivity contribution < 1.29 is 4.79 Å². The van der Waals surface area contributed by atoms with Gasteiger partial charge in [0, 0.05) is 17.8 Å². The van der Waals surface area contributed by atoms with Crippen LogP contribution in [0.3, 0.4) is 0 Å². The van der Waals surface area contributed by atoms with E-state index in [0.717, 1.165) is 18.6 Å². The molecule has 2 N–H and O–H groups in total. The van der Waals surface area contributed by atoms with Crippen LogP contribution < -0.4 is 10.6 Å². The van der Waals surface area contributed by atoms with Crippen LogP contribution in [0.2, 0.25) is 0 Å². The molecule has 0 spiro atoms. The molecule has 4 heteroatoms. The quantitative estimate of drug-likeness (QED) is 0.767. The summed E-state index contributed by atoms with van der Waals surface area (Å²) in [4.78, 5) is 12.0. The van der Waals surface area contributed by atoms with Crippen LogP contribution >= 0.6 is 11.8 Å². The molecule has 1 amide bonds. The number of nitrogens with one attached hydrogen (secondary N) is 2. The van der Waals surface area contributed by atoms with Crippen LogP contribution in [-0.2, 0) is 4.79 Å². The van der Waals surface area contributed by atoms with Crippen molar-refractivity contribution in [3.63, 3.8) is 0 Å². The van der Waals surface area contributed by atoms with Gasteiger partial charge in [0.05, 0.1) is 6.04 Å². The summed E-state index contributed by atoms with van der Waals surface area (Å²) in [7, 11) is 0. The fourth-order valence-electron chi connectivity index (χ4n) is 2.12. The molecule has 1 rings (SSSR count). The third-order valence-corrected chi connectivity index (χ3v) is 4.59. The van der Waals surface area contributed by atoms with Gasteiger partial charge in [-0.05, 0) is 38.4 Å². The lowest BCUT2D eigenvalue weighted by Gasteiger charge is -2.27. The van der Waals surface area contributed by atoms with Gasteiger partial charge in [-0.3, -0.25) is 4.79 Å². The molecule has 0 aromatic heterocycles. The number of hydrogen-bond acceptors (Lipinski definition) is 3. The van der Waals surface area contributed by atoms with E-state index in [1.165, 1.54) is 18.6 Å². The molecule has 0 aromatic carbocycles. The van der Waals surface area contributed by atoms with E-state index in [4.69, 9.17) is 0 Å². The van der Waals surface area contributed by atoms with Crippen molar-refractivity contribution in [2.75, 3.05) is 11.5 Å². The van der Waals surface area contributed by atoms with Gasteiger partial charge in [-0.2, -0.15) is 11.8 Å². The average molecular weight is 258 g/mol. The third-order valence-electron chi connectivity index (χ3n) is 3.37. The maximum Gasteiger partial charge on any atom is 0.237 e. The molecule has 0 bridgehead atoms. The average Bonchev–Trinajstić information content (AvgIpc) is 2.36. The number of amides is 1. The zero-order valence-electron chi connectivity index (χ0n) is 11.3. The Hall–Kier alpha value is -0.220. The summed E-state index contributed by atoms with van der Waals surface area (Å²) in [6.07, 6.45) is 4.49. The summed E-state index contributed by atoms with van der Waals surface area (Å²) in [5, 5.41) is 6.54. The van der Waals surface area contributed by atoms with E-state index in [0.29, 0.717) is 12.1 Å². The highest BCUT2D eigenvalue weighted by Gasteiger charge is 2.20. The minimum atomic E-state index is -0.0701. The first-order valence-corrected chi connectivity index (χ1v) is 7.97. The molecule has 1 fully saturated rings. The molecule has 100 valence electrons. The van der Waals surface area contributed by atoms with Gasteiger partial charge in [-0.15, -0.1) is 0 Å². The third kappa shape index (κ3) is 5.30. The van der Waals surface area contributed by atoms with E-state index < -0.39 is 0 Å². The van der Waals surface area contributed by atoms with E-state index in [-0.39, 0.29) is 11.9 Å². The van der Waals surface area contributed by atoms with Gasteiger partial charge < -0.3 is 10.6 Å². The van der Waals surface area contributed by atoms with Crippen molar-refractivity contribution in [2.24, 2.45) is 0 Å². The molecule has 0 aromatic rings. The highest BCUT2D eigenvalue weighted by Crippen LogP contribution is 2.17. The first-order chi connectivity index (χ1) is 8.17. The zero-order chi connectivity index (χ0) is 12.7. The smallest absolute Gasteiger partial charge is 0.237 e. The molecule has 0 aliphatic carbocycles. The van der Waals surface area contributed by atoms with E-state index in [2.05, 4.69) is 24.5 Å². The Bertz CT molecular complexity index is 225. The summed E-state index contributed by atoms with van der Waals surface area (Å²) in [5.41, 5.74) is 0. The molecule has 2 unspecified atom stereocenters. The predicted molar refractivity (Wildman–Crippen MR) is 75.5 cm³/mol. The topological polar surface area (TPSA) is 41.1 Å². The molecule has 1 saturated heterocycles. The Morgan fingerprint density at radius 1 is 1.41 bits per heavy atom. The summed E-state index contributed by atoms with van der Waals surface area (Å²) < 4.78 is 0. The number of thioether (sulfide) groups is 1. The van der Waals surface area contributed by atoms with Gasteiger partial charge in [-0.25, -0.2) is 0 Å². The van der Waals surface area contributed by atoms with Crippen molar-refractivity contribution >= 4 is 17.7 Å². The van der Waals surface area contributed by atoms with Gasteiger partial charge in [0.1, 0.15) is 0 Å². The van der Waals surface area contributed by atoms with E-state index in [9.17, 15) is 4.79 Å². The summed E-state index contributed by atoms with van der Waals surface area (Å²) in [6, 6.07) is 0.767. The van der Waals surface area contributed by atoms with Crippen LogP contribution in [0.4, 0.5) is 0 Å². The molecule has 3 nitrogen and oxygen atoms in total. The standard InChI is InChI=1S/C13H26N2OS/c1-4-11(5-2)15-13(16)10(3)14-12-7-6-8-17-9-12/h10-12,14H,4-9H2,1-3H3,(H,15,16). The van der Waals surface area contributed by atoms with E-state index in [1.807, 2.05) is 18.7 Å². The van der Waals surface area contributed by atoms with Crippen LogP contribution in [0.15, 0.2) is 0 Å². The summed E-state index contributed by atoms with van der Waals surface area (Å²) in [5.74, 6) is 2.56. The molecular weight excluding hydrogens is 232 g/mol. The van der Waals surface area contributed by atoms with Crippen LogP contribution in [0, 0.1) is 0 Å². The maximum atomic E-state index is 12.0. The minimum Gasteiger partial charge on any atom is -0.352 e. The lowest BCUT2D eigenvalue weighted by atomic mass is 10.1. The summed E-state index contributed by atoms with van der Waals surface area (Å²) in [6.45, 7) is 6.20. The molecular formula is C13H26N2OS. The molecule has 0 radical (unpaired) electrons. The SMILES string of the molecule is CCC(CC)NC(=O)C(C)NC1CCCSC1. The summed E-state index contributed by atoms with van der Waals surface area (Å²) >= 11 is 1.99. The van der Waals surface area contributed by atoms with Gasteiger partial charge >= 0.3 is 0 Å². The predicted octanol–water partition coefficient (Wildman–Crippen LogP) is 2.16. The Kier molecular flexibility index (Phi) is 6.97. The largest absolute Gasteiger partial charge is 0.352 e. The number of carbonyl (C=O) groups excluding carboxylic acids is 1. The van der Waals surface area contributed by atoms with E-state index >= 15 is 0 Å². The highest BCUT2D eigenvalue weighted by atomic mass is 32.2.